The maximum absolute atomic E-state index is 11.9. The van der Waals surface area contributed by atoms with E-state index in [2.05, 4.69) is 5.32 Å². The molecule has 0 saturated carbocycles. The van der Waals surface area contributed by atoms with E-state index in [1.165, 1.54) is 13.2 Å². The van der Waals surface area contributed by atoms with Gasteiger partial charge < -0.3 is 10.1 Å². The first-order valence-corrected chi connectivity index (χ1v) is 6.92. The summed E-state index contributed by atoms with van der Waals surface area (Å²) in [5, 5.41) is 3.86. The smallest absolute Gasteiger partial charge is 0.248 e. The largest absolute Gasteiger partial charge is 0.495 e. The average molecular weight is 322 g/mol. The van der Waals surface area contributed by atoms with Crippen molar-refractivity contribution in [3.05, 3.63) is 64.1 Å². The zero-order valence-electron chi connectivity index (χ0n) is 11.3. The summed E-state index contributed by atoms with van der Waals surface area (Å²) in [5.74, 6) is 0.263. The molecule has 0 aliphatic heterocycles. The third-order valence-corrected chi connectivity index (χ3v) is 3.17. The number of carbonyl (C=O) groups is 1. The van der Waals surface area contributed by atoms with Gasteiger partial charge in [-0.1, -0.05) is 35.3 Å². The number of ether oxygens (including phenoxy) is 1. The van der Waals surface area contributed by atoms with E-state index < -0.39 is 0 Å². The Hall–Kier alpha value is -1.97. The SMILES string of the molecule is COc1ccc(Cl)cc1NC(=O)/C=C/c1cccc(Cl)c1. The van der Waals surface area contributed by atoms with Gasteiger partial charge in [-0.05, 0) is 42.0 Å². The Morgan fingerprint density at radius 3 is 2.62 bits per heavy atom. The molecule has 0 aliphatic rings. The molecule has 1 N–H and O–H groups in total. The number of halogens is 2. The molecular weight excluding hydrogens is 309 g/mol. The lowest BCUT2D eigenvalue weighted by molar-refractivity contribution is -0.111. The number of nitrogens with one attached hydrogen (secondary N) is 1. The molecule has 0 fully saturated rings. The predicted octanol–water partition coefficient (Wildman–Crippen LogP) is 4.65. The fourth-order valence-electron chi connectivity index (χ4n) is 1.73. The highest BCUT2D eigenvalue weighted by molar-refractivity contribution is 6.31. The van der Waals surface area contributed by atoms with Crippen LogP contribution in [0.1, 0.15) is 5.56 Å². The number of hydrogen-bond donors (Lipinski definition) is 1. The van der Waals surface area contributed by atoms with Crippen molar-refractivity contribution in [2.24, 2.45) is 0 Å². The zero-order valence-corrected chi connectivity index (χ0v) is 12.8. The molecule has 108 valence electrons. The molecular formula is C16H13Cl2NO2. The second-order valence-electron chi connectivity index (χ2n) is 4.22. The van der Waals surface area contributed by atoms with E-state index in [1.54, 1.807) is 36.4 Å². The van der Waals surface area contributed by atoms with Gasteiger partial charge in [0.15, 0.2) is 0 Å². The van der Waals surface area contributed by atoms with Crippen molar-refractivity contribution >= 4 is 40.9 Å². The van der Waals surface area contributed by atoms with Crippen molar-refractivity contribution in [2.45, 2.75) is 0 Å². The summed E-state index contributed by atoms with van der Waals surface area (Å²) in [6.45, 7) is 0. The summed E-state index contributed by atoms with van der Waals surface area (Å²) >= 11 is 11.8. The van der Waals surface area contributed by atoms with E-state index >= 15 is 0 Å². The highest BCUT2D eigenvalue weighted by Crippen LogP contribution is 2.27. The number of carbonyl (C=O) groups excluding carboxylic acids is 1. The van der Waals surface area contributed by atoms with Crippen LogP contribution in [-0.2, 0) is 4.79 Å². The van der Waals surface area contributed by atoms with Crippen LogP contribution in [0.25, 0.3) is 6.08 Å². The third kappa shape index (κ3) is 4.52. The quantitative estimate of drug-likeness (QED) is 0.832. The molecule has 0 bridgehead atoms. The first-order chi connectivity index (χ1) is 10.1. The van der Waals surface area contributed by atoms with E-state index in [-0.39, 0.29) is 5.91 Å². The number of rotatable bonds is 4. The van der Waals surface area contributed by atoms with Crippen molar-refractivity contribution in [2.75, 3.05) is 12.4 Å². The number of anilines is 1. The molecule has 1 amide bonds. The molecule has 0 saturated heterocycles. The van der Waals surface area contributed by atoms with Gasteiger partial charge in [0.25, 0.3) is 0 Å². The van der Waals surface area contributed by atoms with Crippen LogP contribution in [0, 0.1) is 0 Å². The van der Waals surface area contributed by atoms with Crippen LogP contribution >= 0.6 is 23.2 Å². The van der Waals surface area contributed by atoms with Gasteiger partial charge in [-0.15, -0.1) is 0 Å². The van der Waals surface area contributed by atoms with Crippen molar-refractivity contribution in [1.29, 1.82) is 0 Å². The molecule has 2 aromatic carbocycles. The minimum atomic E-state index is -0.282. The number of benzene rings is 2. The molecule has 0 spiro atoms. The number of hydrogen-bond acceptors (Lipinski definition) is 2. The molecule has 0 radical (unpaired) electrons. The highest BCUT2D eigenvalue weighted by Gasteiger charge is 2.06. The van der Waals surface area contributed by atoms with Gasteiger partial charge in [0, 0.05) is 16.1 Å². The van der Waals surface area contributed by atoms with Crippen LogP contribution < -0.4 is 10.1 Å². The average Bonchev–Trinajstić information content (AvgIpc) is 2.45. The summed E-state index contributed by atoms with van der Waals surface area (Å²) in [7, 11) is 1.53. The standard InChI is InChI=1S/C16H13Cl2NO2/c1-21-15-7-6-13(18)10-14(15)19-16(20)8-5-11-3-2-4-12(17)9-11/h2-10H,1H3,(H,19,20)/b8-5+. The maximum atomic E-state index is 11.9. The lowest BCUT2D eigenvalue weighted by atomic mass is 10.2. The molecule has 0 heterocycles. The minimum absolute atomic E-state index is 0.282. The molecule has 2 aromatic rings. The van der Waals surface area contributed by atoms with Crippen LogP contribution in [-0.4, -0.2) is 13.0 Å². The molecule has 0 unspecified atom stereocenters. The van der Waals surface area contributed by atoms with Gasteiger partial charge in [0.05, 0.1) is 12.8 Å². The van der Waals surface area contributed by atoms with Crippen molar-refractivity contribution in [1.82, 2.24) is 0 Å². The molecule has 0 aliphatic carbocycles. The molecule has 21 heavy (non-hydrogen) atoms. The second kappa shape index (κ2) is 7.16. The summed E-state index contributed by atoms with van der Waals surface area (Å²) in [5.41, 5.74) is 1.36. The van der Waals surface area contributed by atoms with Gasteiger partial charge in [-0.3, -0.25) is 4.79 Å². The van der Waals surface area contributed by atoms with Crippen LogP contribution in [0.2, 0.25) is 10.0 Å². The topological polar surface area (TPSA) is 38.3 Å². The van der Waals surface area contributed by atoms with Crippen LogP contribution in [0.15, 0.2) is 48.5 Å². The maximum Gasteiger partial charge on any atom is 0.248 e. The lowest BCUT2D eigenvalue weighted by Crippen LogP contribution is -2.08. The number of methoxy groups -OCH3 is 1. The predicted molar refractivity (Wildman–Crippen MR) is 87.1 cm³/mol. The molecule has 0 atom stereocenters. The van der Waals surface area contributed by atoms with Crippen molar-refractivity contribution < 1.29 is 9.53 Å². The molecule has 3 nitrogen and oxygen atoms in total. The van der Waals surface area contributed by atoms with Gasteiger partial charge in [-0.25, -0.2) is 0 Å². The van der Waals surface area contributed by atoms with E-state index in [1.807, 2.05) is 12.1 Å². The van der Waals surface area contributed by atoms with E-state index in [0.29, 0.717) is 21.5 Å². The van der Waals surface area contributed by atoms with E-state index in [4.69, 9.17) is 27.9 Å². The van der Waals surface area contributed by atoms with Crippen LogP contribution in [0.3, 0.4) is 0 Å². The van der Waals surface area contributed by atoms with Gasteiger partial charge >= 0.3 is 0 Å². The first-order valence-electron chi connectivity index (χ1n) is 6.16. The van der Waals surface area contributed by atoms with Gasteiger partial charge in [-0.2, -0.15) is 0 Å². The second-order valence-corrected chi connectivity index (χ2v) is 5.10. The summed E-state index contributed by atoms with van der Waals surface area (Å²) in [4.78, 5) is 11.9. The van der Waals surface area contributed by atoms with Crippen molar-refractivity contribution in [3.8, 4) is 5.75 Å². The Kier molecular flexibility index (Phi) is 5.26. The van der Waals surface area contributed by atoms with Gasteiger partial charge in [0.2, 0.25) is 5.91 Å². The van der Waals surface area contributed by atoms with Crippen LogP contribution in [0.4, 0.5) is 5.69 Å². The van der Waals surface area contributed by atoms with E-state index in [0.717, 1.165) is 5.56 Å². The Morgan fingerprint density at radius 1 is 1.14 bits per heavy atom. The lowest BCUT2D eigenvalue weighted by Gasteiger charge is -2.08. The van der Waals surface area contributed by atoms with E-state index in [9.17, 15) is 4.79 Å². The molecule has 0 aromatic heterocycles. The monoisotopic (exact) mass is 321 g/mol. The Balaban J connectivity index is 2.10. The fourth-order valence-corrected chi connectivity index (χ4v) is 2.11. The minimum Gasteiger partial charge on any atom is -0.495 e. The Morgan fingerprint density at radius 2 is 1.90 bits per heavy atom. The highest BCUT2D eigenvalue weighted by atomic mass is 35.5. The first kappa shape index (κ1) is 15.4. The van der Waals surface area contributed by atoms with Crippen molar-refractivity contribution in [3.63, 3.8) is 0 Å². The third-order valence-electron chi connectivity index (χ3n) is 2.70. The summed E-state index contributed by atoms with van der Waals surface area (Å²) in [6, 6.07) is 12.2. The molecule has 5 heteroatoms. The van der Waals surface area contributed by atoms with Crippen LogP contribution in [0.5, 0.6) is 5.75 Å². The fraction of sp³-hybridized carbons (Fsp3) is 0.0625. The van der Waals surface area contributed by atoms with Gasteiger partial charge in [0.1, 0.15) is 5.75 Å². The Labute approximate surface area is 133 Å². The summed E-state index contributed by atoms with van der Waals surface area (Å²) < 4.78 is 5.16. The normalized spacial score (nSPS) is 10.6. The number of amides is 1. The summed E-state index contributed by atoms with van der Waals surface area (Å²) in [6.07, 6.45) is 3.10. The molecule has 2 rings (SSSR count). The zero-order chi connectivity index (χ0) is 15.2. The Bertz CT molecular complexity index is 684.